The summed E-state index contributed by atoms with van der Waals surface area (Å²) in [6.07, 6.45) is 0.733. The first-order chi connectivity index (χ1) is 15.7. The van der Waals surface area contributed by atoms with Crippen molar-refractivity contribution in [2.75, 3.05) is 0 Å². The minimum Gasteiger partial charge on any atom is -0.298 e. The van der Waals surface area contributed by atoms with Gasteiger partial charge < -0.3 is 0 Å². The zero-order valence-corrected chi connectivity index (χ0v) is 20.0. The summed E-state index contributed by atoms with van der Waals surface area (Å²) < 4.78 is 25.2. The van der Waals surface area contributed by atoms with E-state index in [2.05, 4.69) is 0 Å². The quantitative estimate of drug-likeness (QED) is 0.482. The van der Waals surface area contributed by atoms with E-state index in [1.807, 2.05) is 45.0 Å². The predicted octanol–water partition coefficient (Wildman–Crippen LogP) is 5.07. The first-order valence-electron chi connectivity index (χ1n) is 11.2. The minimum absolute atomic E-state index is 0.00853. The van der Waals surface area contributed by atoms with Crippen molar-refractivity contribution in [3.8, 4) is 0 Å². The Kier molecular flexibility index (Phi) is 6.35. The third-order valence-electron chi connectivity index (χ3n) is 6.45. The minimum atomic E-state index is -3.41. The number of aryl methyl sites for hydroxylation is 3. The van der Waals surface area contributed by atoms with Gasteiger partial charge in [0.15, 0.2) is 15.6 Å². The molecule has 2 atom stereocenters. The van der Waals surface area contributed by atoms with Crippen LogP contribution in [0.3, 0.4) is 0 Å². The summed E-state index contributed by atoms with van der Waals surface area (Å²) in [5.74, 6) is -1.12. The lowest BCUT2D eigenvalue weighted by Crippen LogP contribution is -2.18. The van der Waals surface area contributed by atoms with Crippen LogP contribution in [0.15, 0.2) is 71.6 Å². The van der Waals surface area contributed by atoms with Crippen LogP contribution < -0.4 is 0 Å². The van der Waals surface area contributed by atoms with Crippen molar-refractivity contribution in [2.24, 2.45) is 5.92 Å². The average Bonchev–Trinajstić information content (AvgIpc) is 3.03. The summed E-state index contributed by atoms with van der Waals surface area (Å²) in [7, 11) is -3.41. The van der Waals surface area contributed by atoms with Crippen molar-refractivity contribution >= 4 is 21.4 Å². The van der Waals surface area contributed by atoms with E-state index in [1.165, 1.54) is 0 Å². The van der Waals surface area contributed by atoms with E-state index >= 15 is 0 Å². The molecule has 1 aliphatic rings. The van der Waals surface area contributed by atoms with Crippen LogP contribution >= 0.6 is 0 Å². The maximum atomic E-state index is 13.2. The third kappa shape index (κ3) is 4.83. The molecule has 1 saturated carbocycles. The summed E-state index contributed by atoms with van der Waals surface area (Å²) in [6, 6.07) is 19.8. The van der Waals surface area contributed by atoms with Crippen LogP contribution in [0, 0.1) is 26.7 Å². The van der Waals surface area contributed by atoms with Gasteiger partial charge in [-0.2, -0.15) is 0 Å². The Morgan fingerprint density at radius 1 is 0.818 bits per heavy atom. The van der Waals surface area contributed by atoms with Gasteiger partial charge >= 0.3 is 0 Å². The van der Waals surface area contributed by atoms with Crippen molar-refractivity contribution in [1.82, 2.24) is 0 Å². The number of rotatable bonds is 6. The topological polar surface area (TPSA) is 68.3 Å². The van der Waals surface area contributed by atoms with E-state index in [0.29, 0.717) is 16.9 Å². The van der Waals surface area contributed by atoms with Crippen molar-refractivity contribution < 1.29 is 18.0 Å². The Morgan fingerprint density at radius 2 is 1.39 bits per heavy atom. The zero-order valence-electron chi connectivity index (χ0n) is 19.2. The number of sulfone groups is 1. The Bertz CT molecular complexity index is 1280. The molecule has 0 spiro atoms. The number of hydrogen-bond donors (Lipinski definition) is 0. The second-order valence-electron chi connectivity index (χ2n) is 9.11. The van der Waals surface area contributed by atoms with Gasteiger partial charge in [-0.25, -0.2) is 8.42 Å². The molecule has 0 saturated heterocycles. The molecule has 170 valence electrons. The second kappa shape index (κ2) is 9.06. The molecule has 0 bridgehead atoms. The Hall–Kier alpha value is -3.05. The molecule has 4 nitrogen and oxygen atoms in total. The van der Waals surface area contributed by atoms with Crippen molar-refractivity contribution in [1.29, 1.82) is 0 Å². The highest BCUT2D eigenvalue weighted by molar-refractivity contribution is 7.90. The van der Waals surface area contributed by atoms with Crippen LogP contribution in [0.2, 0.25) is 0 Å². The van der Waals surface area contributed by atoms with E-state index in [0.717, 1.165) is 27.8 Å². The smallest absolute Gasteiger partial charge is 0.182 e. The first-order valence-corrected chi connectivity index (χ1v) is 12.8. The standard InChI is InChI=1S/C28H28O4S/c1-18-13-19(2)26(20(3)14-18)27-25(29)16-23(28(27)30)15-21-9-11-22(12-10-21)17-33(31,32)24-7-5-4-6-8-24/h4-14,23,27H,15-17H2,1-3H3. The van der Waals surface area contributed by atoms with Gasteiger partial charge in [0, 0.05) is 12.3 Å². The third-order valence-corrected chi connectivity index (χ3v) is 8.15. The zero-order chi connectivity index (χ0) is 23.8. The summed E-state index contributed by atoms with van der Waals surface area (Å²) in [6.45, 7) is 5.94. The predicted molar refractivity (Wildman–Crippen MR) is 129 cm³/mol. The molecule has 0 aromatic heterocycles. The largest absolute Gasteiger partial charge is 0.298 e. The van der Waals surface area contributed by atoms with Crippen molar-refractivity contribution in [3.05, 3.63) is 100 Å². The van der Waals surface area contributed by atoms with Gasteiger partial charge in [-0.1, -0.05) is 60.2 Å². The molecule has 0 N–H and O–H groups in total. The van der Waals surface area contributed by atoms with Gasteiger partial charge in [-0.05, 0) is 67.1 Å². The maximum Gasteiger partial charge on any atom is 0.182 e. The number of Topliss-reactive ketones (excluding diaryl/α,β-unsaturated/α-hetero) is 2. The fourth-order valence-corrected chi connectivity index (χ4v) is 6.33. The van der Waals surface area contributed by atoms with Gasteiger partial charge in [0.25, 0.3) is 0 Å². The molecule has 3 aromatic carbocycles. The molecule has 33 heavy (non-hydrogen) atoms. The summed E-state index contributed by atoms with van der Waals surface area (Å²) in [5.41, 5.74) is 5.59. The summed E-state index contributed by atoms with van der Waals surface area (Å²) >= 11 is 0. The molecule has 0 amide bonds. The molecular formula is C28H28O4S. The molecule has 0 heterocycles. The van der Waals surface area contributed by atoms with Gasteiger partial charge in [0.05, 0.1) is 10.6 Å². The number of carbonyl (C=O) groups excluding carboxylic acids is 2. The van der Waals surface area contributed by atoms with Crippen LogP contribution in [0.25, 0.3) is 0 Å². The Balaban J connectivity index is 1.48. The molecule has 5 heteroatoms. The average molecular weight is 461 g/mol. The van der Waals surface area contributed by atoms with Crippen LogP contribution in [0.1, 0.15) is 45.7 Å². The molecular weight excluding hydrogens is 432 g/mol. The normalized spacial score (nSPS) is 18.6. The highest BCUT2D eigenvalue weighted by atomic mass is 32.2. The van der Waals surface area contributed by atoms with E-state index in [4.69, 9.17) is 0 Å². The number of ketones is 2. The fraction of sp³-hybridized carbons (Fsp3) is 0.286. The lowest BCUT2D eigenvalue weighted by molar-refractivity contribution is -0.124. The summed E-state index contributed by atoms with van der Waals surface area (Å²) in [5, 5.41) is 0. The monoisotopic (exact) mass is 460 g/mol. The van der Waals surface area contributed by atoms with Crippen LogP contribution in [-0.2, 0) is 31.6 Å². The lowest BCUT2D eigenvalue weighted by atomic mass is 9.86. The van der Waals surface area contributed by atoms with E-state index in [9.17, 15) is 18.0 Å². The molecule has 0 radical (unpaired) electrons. The van der Waals surface area contributed by atoms with Gasteiger partial charge in [0.2, 0.25) is 0 Å². The van der Waals surface area contributed by atoms with Gasteiger partial charge in [-0.15, -0.1) is 0 Å². The number of hydrogen-bond acceptors (Lipinski definition) is 4. The van der Waals surface area contributed by atoms with E-state index in [1.54, 1.807) is 42.5 Å². The van der Waals surface area contributed by atoms with E-state index < -0.39 is 15.8 Å². The lowest BCUT2D eigenvalue weighted by Gasteiger charge is -2.16. The Morgan fingerprint density at radius 3 is 2.00 bits per heavy atom. The number of carbonyl (C=O) groups is 2. The fourth-order valence-electron chi connectivity index (χ4n) is 4.96. The SMILES string of the molecule is Cc1cc(C)c(C2C(=O)CC(Cc3ccc(CS(=O)(=O)c4ccccc4)cc3)C2=O)c(C)c1. The molecule has 3 aromatic rings. The summed E-state index contributed by atoms with van der Waals surface area (Å²) in [4.78, 5) is 26.4. The molecule has 4 rings (SSSR count). The Labute approximate surface area is 195 Å². The molecule has 1 fully saturated rings. The molecule has 1 aliphatic carbocycles. The van der Waals surface area contributed by atoms with Gasteiger partial charge in [-0.3, -0.25) is 9.59 Å². The molecule has 2 unspecified atom stereocenters. The van der Waals surface area contributed by atoms with Crippen molar-refractivity contribution in [3.63, 3.8) is 0 Å². The second-order valence-corrected chi connectivity index (χ2v) is 11.1. The van der Waals surface area contributed by atoms with Crippen LogP contribution in [-0.4, -0.2) is 20.0 Å². The first kappa shape index (κ1) is 23.1. The van der Waals surface area contributed by atoms with Crippen LogP contribution in [0.4, 0.5) is 0 Å². The van der Waals surface area contributed by atoms with Crippen molar-refractivity contribution in [2.45, 2.75) is 50.2 Å². The highest BCUT2D eigenvalue weighted by Crippen LogP contribution is 2.37. The molecule has 0 aliphatic heterocycles. The maximum absolute atomic E-state index is 13.2. The van der Waals surface area contributed by atoms with E-state index in [-0.39, 0.29) is 29.7 Å². The van der Waals surface area contributed by atoms with Gasteiger partial charge in [0.1, 0.15) is 11.7 Å². The number of benzene rings is 3. The highest BCUT2D eigenvalue weighted by Gasteiger charge is 2.43. The van der Waals surface area contributed by atoms with Crippen LogP contribution in [0.5, 0.6) is 0 Å².